The van der Waals surface area contributed by atoms with Crippen LogP contribution in [-0.4, -0.2) is 14.7 Å². The highest BCUT2D eigenvalue weighted by Gasteiger charge is 2.05. The van der Waals surface area contributed by atoms with Crippen LogP contribution >= 0.6 is 0 Å². The molecule has 5 nitrogen and oxygen atoms in total. The van der Waals surface area contributed by atoms with Crippen LogP contribution in [-0.2, 0) is 20.1 Å². The number of nitrogens with one attached hydrogen (secondary N) is 1. The van der Waals surface area contributed by atoms with Crippen molar-refractivity contribution in [2.75, 3.05) is 0 Å². The largest absolute Gasteiger partial charge is 0.350 e. The summed E-state index contributed by atoms with van der Waals surface area (Å²) in [5.41, 5.74) is 2.52. The van der Waals surface area contributed by atoms with Crippen LogP contribution in [0.25, 0.3) is 10.9 Å². The number of para-hydroxylation sites is 1. The zero-order valence-electron chi connectivity index (χ0n) is 10.1. The van der Waals surface area contributed by atoms with Gasteiger partial charge >= 0.3 is 0 Å². The van der Waals surface area contributed by atoms with Crippen molar-refractivity contribution in [1.29, 1.82) is 0 Å². The number of hydrogen-bond donors (Lipinski definition) is 1. The van der Waals surface area contributed by atoms with E-state index in [0.29, 0.717) is 12.4 Å². The molecule has 2 heterocycles. The average Bonchev–Trinajstić information content (AvgIpc) is 3.00. The highest BCUT2D eigenvalue weighted by molar-refractivity contribution is 5.83. The predicted octanol–water partition coefficient (Wildman–Crippen LogP) is 1.85. The minimum absolute atomic E-state index is 0.611. The molecule has 0 atom stereocenters. The van der Waals surface area contributed by atoms with Gasteiger partial charge in [-0.3, -0.25) is 0 Å². The summed E-state index contributed by atoms with van der Waals surface area (Å²) in [6, 6.07) is 8.38. The minimum Gasteiger partial charge on any atom is -0.350 e. The van der Waals surface area contributed by atoms with Gasteiger partial charge in [0.15, 0.2) is 5.82 Å². The Morgan fingerprint density at radius 1 is 1.28 bits per heavy atom. The molecule has 18 heavy (non-hydrogen) atoms. The molecule has 3 rings (SSSR count). The summed E-state index contributed by atoms with van der Waals surface area (Å²) in [5.74, 6) is 0.676. The van der Waals surface area contributed by atoms with Crippen LogP contribution in [0.4, 0.5) is 0 Å². The van der Waals surface area contributed by atoms with Crippen molar-refractivity contribution < 1.29 is 4.52 Å². The van der Waals surface area contributed by atoms with E-state index in [2.05, 4.69) is 62.1 Å². The Balaban J connectivity index is 1.75. The van der Waals surface area contributed by atoms with Crippen LogP contribution in [0.1, 0.15) is 11.4 Å². The molecule has 2 aromatic heterocycles. The van der Waals surface area contributed by atoms with E-state index >= 15 is 0 Å². The Bertz CT molecular complexity index is 642. The lowest BCUT2D eigenvalue weighted by Gasteiger charge is -2.00. The molecular formula is C13H14N4O. The Morgan fingerprint density at radius 3 is 3.00 bits per heavy atom. The molecule has 0 bridgehead atoms. The Morgan fingerprint density at radius 2 is 2.17 bits per heavy atom. The van der Waals surface area contributed by atoms with E-state index < -0.39 is 0 Å². The van der Waals surface area contributed by atoms with Crippen molar-refractivity contribution in [1.82, 2.24) is 20.0 Å². The van der Waals surface area contributed by atoms with Crippen LogP contribution in [0.5, 0.6) is 0 Å². The van der Waals surface area contributed by atoms with Gasteiger partial charge in [0, 0.05) is 30.7 Å². The van der Waals surface area contributed by atoms with E-state index in [0.717, 1.165) is 6.54 Å². The molecule has 1 N–H and O–H groups in total. The van der Waals surface area contributed by atoms with Gasteiger partial charge in [-0.05, 0) is 11.6 Å². The first-order chi connectivity index (χ1) is 8.84. The number of hydrogen-bond acceptors (Lipinski definition) is 4. The fraction of sp³-hybridized carbons (Fsp3) is 0.231. The molecule has 0 unspecified atom stereocenters. The first kappa shape index (κ1) is 11.0. The van der Waals surface area contributed by atoms with Crippen molar-refractivity contribution in [3.05, 3.63) is 48.2 Å². The first-order valence-corrected chi connectivity index (χ1v) is 5.83. The summed E-state index contributed by atoms with van der Waals surface area (Å²) in [6.45, 7) is 1.40. The van der Waals surface area contributed by atoms with E-state index in [1.165, 1.54) is 22.9 Å². The Labute approximate surface area is 104 Å². The number of fused-ring (bicyclic) bond motifs is 1. The number of nitrogens with zero attached hydrogens (tertiary/aromatic N) is 3. The Kier molecular flexibility index (Phi) is 2.82. The van der Waals surface area contributed by atoms with Gasteiger partial charge in [0.05, 0.1) is 6.54 Å². The smallest absolute Gasteiger partial charge is 0.213 e. The molecule has 3 aromatic rings. The molecule has 0 radical (unpaired) electrons. The summed E-state index contributed by atoms with van der Waals surface area (Å²) in [6.07, 6.45) is 3.49. The highest BCUT2D eigenvalue weighted by Crippen LogP contribution is 2.19. The van der Waals surface area contributed by atoms with Gasteiger partial charge < -0.3 is 14.4 Å². The second-order valence-electron chi connectivity index (χ2n) is 4.23. The molecule has 0 amide bonds. The number of benzene rings is 1. The van der Waals surface area contributed by atoms with Crippen LogP contribution in [0, 0.1) is 0 Å². The molecule has 0 saturated carbocycles. The van der Waals surface area contributed by atoms with Crippen molar-refractivity contribution in [2.24, 2.45) is 7.05 Å². The molecule has 5 heteroatoms. The number of rotatable bonds is 4. The second-order valence-corrected chi connectivity index (χ2v) is 4.23. The second kappa shape index (κ2) is 4.62. The van der Waals surface area contributed by atoms with E-state index in [9.17, 15) is 0 Å². The van der Waals surface area contributed by atoms with Gasteiger partial charge in [-0.25, -0.2) is 0 Å². The fourth-order valence-electron chi connectivity index (χ4n) is 2.15. The molecule has 0 fully saturated rings. The van der Waals surface area contributed by atoms with Crippen LogP contribution in [0.15, 0.2) is 41.4 Å². The van der Waals surface area contributed by atoms with Crippen LogP contribution in [0.3, 0.4) is 0 Å². The molecule has 0 aliphatic rings. The van der Waals surface area contributed by atoms with Gasteiger partial charge in [-0.15, -0.1) is 0 Å². The molecule has 0 spiro atoms. The summed E-state index contributed by atoms with van der Waals surface area (Å²) in [5, 5.41) is 8.35. The zero-order chi connectivity index (χ0) is 12.4. The third-order valence-corrected chi connectivity index (χ3v) is 2.98. The Hall–Kier alpha value is -2.14. The standard InChI is InChI=1S/C13H14N4O/c1-17-8-10(11-4-2-3-5-12(11)17)6-14-7-13-15-9-18-16-13/h2-5,8-9,14H,6-7H2,1H3. The number of aryl methyl sites for hydroxylation is 1. The average molecular weight is 242 g/mol. The van der Waals surface area contributed by atoms with Crippen molar-refractivity contribution >= 4 is 10.9 Å². The predicted molar refractivity (Wildman–Crippen MR) is 67.8 cm³/mol. The lowest BCUT2D eigenvalue weighted by Crippen LogP contribution is -2.13. The van der Waals surface area contributed by atoms with E-state index in [4.69, 9.17) is 0 Å². The third-order valence-electron chi connectivity index (χ3n) is 2.98. The van der Waals surface area contributed by atoms with Crippen LogP contribution in [0.2, 0.25) is 0 Å². The summed E-state index contributed by atoms with van der Waals surface area (Å²) < 4.78 is 6.83. The monoisotopic (exact) mass is 242 g/mol. The van der Waals surface area contributed by atoms with Crippen molar-refractivity contribution in [3.8, 4) is 0 Å². The van der Waals surface area contributed by atoms with E-state index in [1.807, 2.05) is 0 Å². The van der Waals surface area contributed by atoms with Crippen molar-refractivity contribution in [3.63, 3.8) is 0 Å². The maximum absolute atomic E-state index is 4.69. The molecule has 0 aliphatic carbocycles. The lowest BCUT2D eigenvalue weighted by molar-refractivity contribution is 0.407. The quantitative estimate of drug-likeness (QED) is 0.758. The summed E-state index contributed by atoms with van der Waals surface area (Å²) in [4.78, 5) is 3.97. The molecular weight excluding hydrogens is 228 g/mol. The summed E-state index contributed by atoms with van der Waals surface area (Å²) >= 11 is 0. The van der Waals surface area contributed by atoms with Crippen LogP contribution < -0.4 is 5.32 Å². The zero-order valence-corrected chi connectivity index (χ0v) is 10.1. The minimum atomic E-state index is 0.611. The van der Waals surface area contributed by atoms with Crippen molar-refractivity contribution in [2.45, 2.75) is 13.1 Å². The highest BCUT2D eigenvalue weighted by atomic mass is 16.5. The maximum atomic E-state index is 4.69. The first-order valence-electron chi connectivity index (χ1n) is 5.83. The third kappa shape index (κ3) is 2.00. The van der Waals surface area contributed by atoms with E-state index in [1.54, 1.807) is 0 Å². The molecule has 1 aromatic carbocycles. The molecule has 0 saturated heterocycles. The van der Waals surface area contributed by atoms with Gasteiger partial charge in [-0.2, -0.15) is 4.98 Å². The summed E-state index contributed by atoms with van der Waals surface area (Å²) in [7, 11) is 2.06. The number of aromatic nitrogens is 3. The lowest BCUT2D eigenvalue weighted by atomic mass is 10.2. The molecule has 0 aliphatic heterocycles. The van der Waals surface area contributed by atoms with Gasteiger partial charge in [0.1, 0.15) is 0 Å². The fourth-order valence-corrected chi connectivity index (χ4v) is 2.15. The SMILES string of the molecule is Cn1cc(CNCc2ncon2)c2ccccc21. The normalized spacial score (nSPS) is 11.2. The van der Waals surface area contributed by atoms with Gasteiger partial charge in [0.2, 0.25) is 6.39 Å². The topological polar surface area (TPSA) is 55.9 Å². The van der Waals surface area contributed by atoms with Gasteiger partial charge in [0.25, 0.3) is 0 Å². The van der Waals surface area contributed by atoms with E-state index in [-0.39, 0.29) is 0 Å². The maximum Gasteiger partial charge on any atom is 0.213 e. The molecule has 92 valence electrons. The van der Waals surface area contributed by atoms with Gasteiger partial charge in [-0.1, -0.05) is 23.4 Å².